The van der Waals surface area contributed by atoms with Crippen molar-refractivity contribution in [2.75, 3.05) is 25.0 Å². The number of anilines is 1. The molecule has 0 spiro atoms. The van der Waals surface area contributed by atoms with E-state index in [0.29, 0.717) is 6.54 Å². The number of benzene rings is 1. The number of nitrogens with one attached hydrogen (secondary N) is 1. The zero-order chi connectivity index (χ0) is 16.5. The van der Waals surface area contributed by atoms with Gasteiger partial charge in [0.25, 0.3) is 0 Å². The van der Waals surface area contributed by atoms with Gasteiger partial charge in [0, 0.05) is 24.8 Å². The molecule has 0 saturated carbocycles. The summed E-state index contributed by atoms with van der Waals surface area (Å²) < 4.78 is 28.8. The van der Waals surface area contributed by atoms with Crippen LogP contribution in [0.25, 0.3) is 0 Å². The van der Waals surface area contributed by atoms with Gasteiger partial charge >= 0.3 is 12.6 Å². The molecule has 5 nitrogen and oxygen atoms in total. The summed E-state index contributed by atoms with van der Waals surface area (Å²) in [6, 6.07) is 3.64. The standard InChI is InChI=1S/C14H19ClF2N2O3/c1-2-3-6-19(7-8-20)14(21)18-10-4-5-11(15)12(9-10)22-13(16)17/h4-5,9,13,20H,2-3,6-8H2,1H3,(H,18,21). The van der Waals surface area contributed by atoms with E-state index in [4.69, 9.17) is 16.7 Å². The average Bonchev–Trinajstić information content (AvgIpc) is 2.46. The van der Waals surface area contributed by atoms with E-state index in [2.05, 4.69) is 10.1 Å². The van der Waals surface area contributed by atoms with Gasteiger partial charge in [0.05, 0.1) is 11.6 Å². The molecule has 1 aromatic rings. The molecular weight excluding hydrogens is 318 g/mol. The number of carbonyl (C=O) groups excluding carboxylic acids is 1. The van der Waals surface area contributed by atoms with Gasteiger partial charge in [0.2, 0.25) is 0 Å². The molecule has 0 aliphatic carbocycles. The Morgan fingerprint density at radius 2 is 2.18 bits per heavy atom. The van der Waals surface area contributed by atoms with E-state index in [1.807, 2.05) is 6.92 Å². The van der Waals surface area contributed by atoms with Crippen LogP contribution in [-0.4, -0.2) is 42.3 Å². The van der Waals surface area contributed by atoms with Crippen LogP contribution in [0.1, 0.15) is 19.8 Å². The summed E-state index contributed by atoms with van der Waals surface area (Å²) in [6.07, 6.45) is 1.70. The summed E-state index contributed by atoms with van der Waals surface area (Å²) in [5.41, 5.74) is 0.282. The fourth-order valence-corrected chi connectivity index (χ4v) is 1.92. The van der Waals surface area contributed by atoms with E-state index in [9.17, 15) is 13.6 Å². The molecule has 0 radical (unpaired) electrons. The second-order valence-corrected chi connectivity index (χ2v) is 4.93. The molecule has 0 aromatic heterocycles. The number of amides is 2. The van der Waals surface area contributed by atoms with Crippen LogP contribution in [0.5, 0.6) is 5.75 Å². The molecule has 0 unspecified atom stereocenters. The van der Waals surface area contributed by atoms with Crippen LogP contribution in [0.15, 0.2) is 18.2 Å². The Morgan fingerprint density at radius 3 is 2.77 bits per heavy atom. The molecule has 0 fully saturated rings. The topological polar surface area (TPSA) is 61.8 Å². The van der Waals surface area contributed by atoms with Crippen molar-refractivity contribution >= 4 is 23.3 Å². The molecule has 124 valence electrons. The van der Waals surface area contributed by atoms with Crippen molar-refractivity contribution in [2.45, 2.75) is 26.4 Å². The van der Waals surface area contributed by atoms with Crippen LogP contribution in [0.4, 0.5) is 19.3 Å². The first-order chi connectivity index (χ1) is 10.5. The Bertz CT molecular complexity index is 489. The Hall–Kier alpha value is -1.60. The normalized spacial score (nSPS) is 10.6. The summed E-state index contributed by atoms with van der Waals surface area (Å²) in [7, 11) is 0. The Balaban J connectivity index is 2.77. The summed E-state index contributed by atoms with van der Waals surface area (Å²) in [5.74, 6) is -0.211. The summed E-state index contributed by atoms with van der Waals surface area (Å²) in [5, 5.41) is 11.6. The van der Waals surface area contributed by atoms with E-state index < -0.39 is 12.6 Å². The van der Waals surface area contributed by atoms with Crippen LogP contribution < -0.4 is 10.1 Å². The molecule has 2 amide bonds. The van der Waals surface area contributed by atoms with Gasteiger partial charge in [-0.05, 0) is 18.6 Å². The van der Waals surface area contributed by atoms with Gasteiger partial charge in [0.15, 0.2) is 0 Å². The minimum atomic E-state index is -3.00. The maximum atomic E-state index is 12.3. The minimum absolute atomic E-state index is 0.0245. The lowest BCUT2D eigenvalue weighted by molar-refractivity contribution is -0.0497. The highest BCUT2D eigenvalue weighted by Gasteiger charge is 2.14. The minimum Gasteiger partial charge on any atom is -0.433 e. The second-order valence-electron chi connectivity index (χ2n) is 4.52. The van der Waals surface area contributed by atoms with E-state index >= 15 is 0 Å². The van der Waals surface area contributed by atoms with Crippen LogP contribution in [0.2, 0.25) is 5.02 Å². The number of ether oxygens (including phenoxy) is 1. The molecular formula is C14H19ClF2N2O3. The average molecular weight is 337 g/mol. The lowest BCUT2D eigenvalue weighted by Gasteiger charge is -2.22. The largest absolute Gasteiger partial charge is 0.433 e. The van der Waals surface area contributed by atoms with E-state index in [1.165, 1.54) is 23.1 Å². The molecule has 8 heteroatoms. The Kier molecular flexibility index (Phi) is 7.90. The monoisotopic (exact) mass is 336 g/mol. The van der Waals surface area contributed by atoms with E-state index in [1.54, 1.807) is 0 Å². The predicted octanol–water partition coefficient (Wildman–Crippen LogP) is 3.57. The number of rotatable bonds is 8. The van der Waals surface area contributed by atoms with Crippen molar-refractivity contribution in [1.82, 2.24) is 4.90 Å². The number of unbranched alkanes of at least 4 members (excludes halogenated alkanes) is 1. The van der Waals surface area contributed by atoms with Gasteiger partial charge in [-0.1, -0.05) is 24.9 Å². The number of aliphatic hydroxyl groups excluding tert-OH is 1. The van der Waals surface area contributed by atoms with Gasteiger partial charge in [-0.2, -0.15) is 8.78 Å². The summed E-state index contributed by atoms with van der Waals surface area (Å²) >= 11 is 5.74. The van der Waals surface area contributed by atoms with Crippen molar-refractivity contribution in [3.63, 3.8) is 0 Å². The molecule has 22 heavy (non-hydrogen) atoms. The molecule has 0 atom stereocenters. The number of hydrogen-bond acceptors (Lipinski definition) is 3. The molecule has 1 rings (SSSR count). The fraction of sp³-hybridized carbons (Fsp3) is 0.500. The van der Waals surface area contributed by atoms with Gasteiger partial charge in [0.1, 0.15) is 5.75 Å². The van der Waals surface area contributed by atoms with Gasteiger partial charge < -0.3 is 20.1 Å². The number of halogens is 3. The maximum absolute atomic E-state index is 12.3. The number of carbonyl (C=O) groups is 1. The van der Waals surface area contributed by atoms with Gasteiger partial charge in [-0.15, -0.1) is 0 Å². The van der Waals surface area contributed by atoms with E-state index in [-0.39, 0.29) is 29.6 Å². The predicted molar refractivity (Wildman–Crippen MR) is 80.7 cm³/mol. The molecule has 0 saturated heterocycles. The molecule has 2 N–H and O–H groups in total. The van der Waals surface area contributed by atoms with Crippen LogP contribution in [0, 0.1) is 0 Å². The highest BCUT2D eigenvalue weighted by molar-refractivity contribution is 6.32. The number of alkyl halides is 2. The third kappa shape index (κ3) is 6.03. The lowest BCUT2D eigenvalue weighted by Crippen LogP contribution is -2.37. The summed E-state index contributed by atoms with van der Waals surface area (Å²) in [6.45, 7) is -0.477. The number of nitrogens with zero attached hydrogens (tertiary/aromatic N) is 1. The highest BCUT2D eigenvalue weighted by Crippen LogP contribution is 2.29. The number of aliphatic hydroxyl groups is 1. The van der Waals surface area contributed by atoms with Gasteiger partial charge in [-0.25, -0.2) is 4.79 Å². The zero-order valence-electron chi connectivity index (χ0n) is 12.2. The van der Waals surface area contributed by atoms with Crippen LogP contribution in [-0.2, 0) is 0 Å². The van der Waals surface area contributed by atoms with Crippen molar-refractivity contribution in [3.8, 4) is 5.75 Å². The second kappa shape index (κ2) is 9.42. The van der Waals surface area contributed by atoms with Crippen LogP contribution in [0.3, 0.4) is 0 Å². The van der Waals surface area contributed by atoms with Crippen molar-refractivity contribution in [1.29, 1.82) is 0 Å². The molecule has 1 aromatic carbocycles. The van der Waals surface area contributed by atoms with Gasteiger partial charge in [-0.3, -0.25) is 0 Å². The van der Waals surface area contributed by atoms with Crippen molar-refractivity contribution < 1.29 is 23.4 Å². The summed E-state index contributed by atoms with van der Waals surface area (Å²) in [4.78, 5) is 13.6. The smallest absolute Gasteiger partial charge is 0.387 e. The van der Waals surface area contributed by atoms with E-state index in [0.717, 1.165) is 12.8 Å². The van der Waals surface area contributed by atoms with Crippen molar-refractivity contribution in [2.24, 2.45) is 0 Å². The molecule has 0 bridgehead atoms. The number of hydrogen-bond donors (Lipinski definition) is 2. The molecule has 0 aliphatic heterocycles. The van der Waals surface area contributed by atoms with Crippen molar-refractivity contribution in [3.05, 3.63) is 23.2 Å². The first-order valence-corrected chi connectivity index (χ1v) is 7.26. The third-order valence-corrected chi connectivity index (χ3v) is 3.15. The molecule has 0 aliphatic rings. The molecule has 0 heterocycles. The fourth-order valence-electron chi connectivity index (χ4n) is 1.75. The first-order valence-electron chi connectivity index (χ1n) is 6.89. The SMILES string of the molecule is CCCCN(CCO)C(=O)Nc1ccc(Cl)c(OC(F)F)c1. The first kappa shape index (κ1) is 18.4. The maximum Gasteiger partial charge on any atom is 0.387 e. The number of urea groups is 1. The zero-order valence-corrected chi connectivity index (χ0v) is 12.9. The quantitative estimate of drug-likeness (QED) is 0.763. The Labute approximate surface area is 132 Å². The van der Waals surface area contributed by atoms with Crippen LogP contribution >= 0.6 is 11.6 Å². The lowest BCUT2D eigenvalue weighted by atomic mass is 10.3. The highest BCUT2D eigenvalue weighted by atomic mass is 35.5. The third-order valence-electron chi connectivity index (χ3n) is 2.84. The Morgan fingerprint density at radius 1 is 1.45 bits per heavy atom.